The van der Waals surface area contributed by atoms with Crippen LogP contribution in [0.2, 0.25) is 0 Å². The topological polar surface area (TPSA) is 15.6 Å². The average Bonchev–Trinajstić information content (AvgIpc) is 1.83. The van der Waals surface area contributed by atoms with E-state index in [1.165, 1.54) is 0 Å². The van der Waals surface area contributed by atoms with Crippen molar-refractivity contribution >= 4 is 6.21 Å². The van der Waals surface area contributed by atoms with Crippen LogP contribution in [0.1, 0.15) is 20.3 Å². The maximum atomic E-state index is 4.10. The Kier molecular flexibility index (Phi) is 4.10. The third-order valence-corrected chi connectivity index (χ3v) is 1.20. The summed E-state index contributed by atoms with van der Waals surface area (Å²) >= 11 is 0. The van der Waals surface area contributed by atoms with E-state index in [1.54, 1.807) is 0 Å². The zero-order valence-electron chi connectivity index (χ0n) is 6.76. The van der Waals surface area contributed by atoms with Gasteiger partial charge < -0.3 is 5.01 Å². The molecule has 54 valence electrons. The predicted molar refractivity (Wildman–Crippen MR) is 41.6 cm³/mol. The van der Waals surface area contributed by atoms with Gasteiger partial charge in [0.25, 0.3) is 0 Å². The number of hydrazone groups is 1. The highest BCUT2D eigenvalue weighted by Crippen LogP contribution is 1.95. The molecule has 0 N–H and O–H groups in total. The number of rotatable bonds is 3. The molecule has 0 spiro atoms. The Balaban J connectivity index is 3.43. The third kappa shape index (κ3) is 5.34. The molecule has 0 radical (unpaired) electrons. The van der Waals surface area contributed by atoms with Gasteiger partial charge in [0, 0.05) is 20.3 Å². The lowest BCUT2D eigenvalue weighted by Crippen LogP contribution is -2.04. The molecule has 0 amide bonds. The fraction of sp³-hybridized carbons (Fsp3) is 0.857. The predicted octanol–water partition coefficient (Wildman–Crippen LogP) is 1.58. The monoisotopic (exact) mass is 128 g/mol. The zero-order valence-corrected chi connectivity index (χ0v) is 6.76. The van der Waals surface area contributed by atoms with Crippen LogP contribution in [0.25, 0.3) is 0 Å². The maximum absolute atomic E-state index is 4.10. The molecule has 0 heterocycles. The first-order valence-corrected chi connectivity index (χ1v) is 3.38. The summed E-state index contributed by atoms with van der Waals surface area (Å²) in [5.41, 5.74) is 0. The molecule has 0 fully saturated rings. The van der Waals surface area contributed by atoms with Gasteiger partial charge in [-0.1, -0.05) is 13.8 Å². The summed E-state index contributed by atoms with van der Waals surface area (Å²) in [6, 6.07) is 0. The summed E-state index contributed by atoms with van der Waals surface area (Å²) < 4.78 is 0. The van der Waals surface area contributed by atoms with Crippen molar-refractivity contribution in [3.8, 4) is 0 Å². The Morgan fingerprint density at radius 1 is 1.56 bits per heavy atom. The SMILES string of the molecule is CCC(C)/C=N/N(C)C. The smallest absolute Gasteiger partial charge is 0.0273 e. The molecule has 9 heavy (non-hydrogen) atoms. The van der Waals surface area contributed by atoms with Crippen molar-refractivity contribution in [2.75, 3.05) is 14.1 Å². The van der Waals surface area contributed by atoms with Crippen LogP contribution in [0.5, 0.6) is 0 Å². The molecule has 0 aromatic carbocycles. The van der Waals surface area contributed by atoms with Gasteiger partial charge in [-0.2, -0.15) is 5.10 Å². The molecule has 0 aromatic heterocycles. The second-order valence-corrected chi connectivity index (χ2v) is 2.50. The molecule has 1 atom stereocenters. The summed E-state index contributed by atoms with van der Waals surface area (Å²) in [6.07, 6.45) is 3.14. The lowest BCUT2D eigenvalue weighted by molar-refractivity contribution is 0.436. The van der Waals surface area contributed by atoms with Crippen LogP contribution in [0, 0.1) is 5.92 Å². The van der Waals surface area contributed by atoms with Crippen molar-refractivity contribution in [1.82, 2.24) is 5.01 Å². The Bertz CT molecular complexity index is 86.9. The van der Waals surface area contributed by atoms with E-state index in [1.807, 2.05) is 25.3 Å². The largest absolute Gasteiger partial charge is 0.303 e. The molecule has 0 aliphatic rings. The first-order valence-electron chi connectivity index (χ1n) is 3.38. The molecule has 2 nitrogen and oxygen atoms in total. The fourth-order valence-electron chi connectivity index (χ4n) is 0.353. The van der Waals surface area contributed by atoms with Crippen molar-refractivity contribution in [1.29, 1.82) is 0 Å². The van der Waals surface area contributed by atoms with Crippen LogP contribution >= 0.6 is 0 Å². The van der Waals surface area contributed by atoms with E-state index in [0.29, 0.717) is 5.92 Å². The Hall–Kier alpha value is -0.530. The third-order valence-electron chi connectivity index (χ3n) is 1.20. The molecule has 0 bridgehead atoms. The van der Waals surface area contributed by atoms with Gasteiger partial charge >= 0.3 is 0 Å². The lowest BCUT2D eigenvalue weighted by atomic mass is 10.1. The Morgan fingerprint density at radius 3 is 2.44 bits per heavy atom. The number of nitrogens with zero attached hydrogens (tertiary/aromatic N) is 2. The lowest BCUT2D eigenvalue weighted by Gasteiger charge is -2.04. The first-order chi connectivity index (χ1) is 4.16. The Labute approximate surface area is 57.6 Å². The molecule has 0 rings (SSSR count). The van der Waals surface area contributed by atoms with Crippen LogP contribution in [-0.2, 0) is 0 Å². The van der Waals surface area contributed by atoms with E-state index in [9.17, 15) is 0 Å². The molecular weight excluding hydrogens is 112 g/mol. The van der Waals surface area contributed by atoms with Crippen LogP contribution < -0.4 is 0 Å². The molecule has 0 aromatic rings. The van der Waals surface area contributed by atoms with Crippen molar-refractivity contribution < 1.29 is 0 Å². The first kappa shape index (κ1) is 8.47. The minimum Gasteiger partial charge on any atom is -0.303 e. The molecule has 2 heteroatoms. The summed E-state index contributed by atoms with van der Waals surface area (Å²) in [6.45, 7) is 4.32. The highest BCUT2D eigenvalue weighted by molar-refractivity contribution is 5.59. The standard InChI is InChI=1S/C7H16N2/c1-5-7(2)6-8-9(3)4/h6-7H,5H2,1-4H3/b8-6+. The highest BCUT2D eigenvalue weighted by atomic mass is 15.4. The molecular formula is C7H16N2. The van der Waals surface area contributed by atoms with Gasteiger partial charge in [0.2, 0.25) is 0 Å². The molecule has 0 saturated heterocycles. The number of hydrogen-bond donors (Lipinski definition) is 0. The second kappa shape index (κ2) is 4.36. The molecule has 0 saturated carbocycles. The van der Waals surface area contributed by atoms with Crippen LogP contribution in [0.3, 0.4) is 0 Å². The van der Waals surface area contributed by atoms with E-state index in [2.05, 4.69) is 18.9 Å². The summed E-state index contributed by atoms with van der Waals surface area (Å²) in [5.74, 6) is 0.604. The van der Waals surface area contributed by atoms with E-state index in [-0.39, 0.29) is 0 Å². The van der Waals surface area contributed by atoms with E-state index >= 15 is 0 Å². The zero-order chi connectivity index (χ0) is 7.28. The maximum Gasteiger partial charge on any atom is 0.0273 e. The van der Waals surface area contributed by atoms with Crippen molar-refractivity contribution in [2.24, 2.45) is 11.0 Å². The molecule has 1 unspecified atom stereocenters. The van der Waals surface area contributed by atoms with E-state index in [0.717, 1.165) is 6.42 Å². The van der Waals surface area contributed by atoms with Crippen LogP contribution in [-0.4, -0.2) is 25.3 Å². The van der Waals surface area contributed by atoms with Crippen molar-refractivity contribution in [2.45, 2.75) is 20.3 Å². The van der Waals surface area contributed by atoms with Crippen LogP contribution in [0.15, 0.2) is 5.10 Å². The van der Waals surface area contributed by atoms with Gasteiger partial charge in [0.1, 0.15) is 0 Å². The molecule has 0 aliphatic carbocycles. The van der Waals surface area contributed by atoms with Gasteiger partial charge in [-0.05, 0) is 12.3 Å². The minimum atomic E-state index is 0.604. The average molecular weight is 128 g/mol. The summed E-state index contributed by atoms with van der Waals surface area (Å²) in [7, 11) is 3.86. The van der Waals surface area contributed by atoms with Crippen molar-refractivity contribution in [3.63, 3.8) is 0 Å². The van der Waals surface area contributed by atoms with Gasteiger partial charge in [-0.3, -0.25) is 0 Å². The normalized spacial score (nSPS) is 14.2. The van der Waals surface area contributed by atoms with Crippen LogP contribution in [0.4, 0.5) is 0 Å². The Morgan fingerprint density at radius 2 is 2.11 bits per heavy atom. The van der Waals surface area contributed by atoms with Gasteiger partial charge in [0.05, 0.1) is 0 Å². The van der Waals surface area contributed by atoms with E-state index in [4.69, 9.17) is 0 Å². The van der Waals surface area contributed by atoms with Crippen molar-refractivity contribution in [3.05, 3.63) is 0 Å². The minimum absolute atomic E-state index is 0.604. The fourth-order valence-corrected chi connectivity index (χ4v) is 0.353. The highest BCUT2D eigenvalue weighted by Gasteiger charge is 1.90. The van der Waals surface area contributed by atoms with Gasteiger partial charge in [-0.15, -0.1) is 0 Å². The van der Waals surface area contributed by atoms with E-state index < -0.39 is 0 Å². The number of hydrogen-bond acceptors (Lipinski definition) is 2. The molecule has 0 aliphatic heterocycles. The summed E-state index contributed by atoms with van der Waals surface area (Å²) in [5, 5.41) is 5.92. The summed E-state index contributed by atoms with van der Waals surface area (Å²) in [4.78, 5) is 0. The van der Waals surface area contributed by atoms with Gasteiger partial charge in [0.15, 0.2) is 0 Å². The second-order valence-electron chi connectivity index (χ2n) is 2.50. The quantitative estimate of drug-likeness (QED) is 0.416. The van der Waals surface area contributed by atoms with Gasteiger partial charge in [-0.25, -0.2) is 0 Å².